The van der Waals surface area contributed by atoms with Crippen molar-refractivity contribution in [3.63, 3.8) is 0 Å². The highest BCUT2D eigenvalue weighted by Crippen LogP contribution is 2.74. The minimum Gasteiger partial charge on any atom is -0.497 e. The maximum Gasteiger partial charge on any atom is 0.289 e. The summed E-state index contributed by atoms with van der Waals surface area (Å²) in [5.74, 6) is -2.74. The van der Waals surface area contributed by atoms with Gasteiger partial charge >= 0.3 is 0 Å². The quantitative estimate of drug-likeness (QED) is 0.0940. The van der Waals surface area contributed by atoms with E-state index in [1.165, 1.54) is 12.1 Å². The highest BCUT2D eigenvalue weighted by atomic mass is 35.5. The zero-order valence-electron chi connectivity index (χ0n) is 27.4. The van der Waals surface area contributed by atoms with Gasteiger partial charge in [-0.25, -0.2) is 4.90 Å². The highest BCUT2D eigenvalue weighted by Gasteiger charge is 2.82. The van der Waals surface area contributed by atoms with Crippen molar-refractivity contribution < 1.29 is 28.8 Å². The second-order valence-electron chi connectivity index (χ2n) is 12.7. The smallest absolute Gasteiger partial charge is 0.289 e. The molecule has 2 amide bonds. The lowest BCUT2D eigenvalue weighted by atomic mass is 9.59. The van der Waals surface area contributed by atoms with Crippen LogP contribution in [-0.4, -0.2) is 36.7 Å². The molecule has 0 N–H and O–H groups in total. The maximum atomic E-state index is 16.0. The molecule has 1 aliphatic heterocycles. The minimum atomic E-state index is -1.65. The van der Waals surface area contributed by atoms with Crippen LogP contribution < -0.4 is 14.4 Å². The number of Topliss-reactive ketones (excluding diaryl/α,β-unsaturated/α-hetero) is 1. The first-order valence-electron chi connectivity index (χ1n) is 16.2. The number of rotatable bonds is 8. The Balaban J connectivity index is 1.52. The molecule has 4 atom stereocenters. The molecular formula is C41H29ClN2O7. The van der Waals surface area contributed by atoms with Crippen molar-refractivity contribution in [3.05, 3.63) is 165 Å². The van der Waals surface area contributed by atoms with E-state index < -0.39 is 45.1 Å². The van der Waals surface area contributed by atoms with Crippen molar-refractivity contribution in [2.24, 2.45) is 11.8 Å². The van der Waals surface area contributed by atoms with E-state index >= 15 is 14.4 Å². The number of nitrogens with zero attached hydrogens (tertiary/aromatic N) is 2. The largest absolute Gasteiger partial charge is 0.497 e. The molecule has 5 aromatic rings. The number of fused-ring (bicyclic) bond motifs is 5. The summed E-state index contributed by atoms with van der Waals surface area (Å²) in [7, 11) is 3.13. The molecule has 9 nitrogen and oxygen atoms in total. The molecule has 1 heterocycles. The number of hydrogen-bond donors (Lipinski definition) is 0. The van der Waals surface area contributed by atoms with Gasteiger partial charge in [-0.05, 0) is 69.8 Å². The number of carbonyl (C=O) groups excluding carboxylic acids is 3. The summed E-state index contributed by atoms with van der Waals surface area (Å²) in [5.41, 5.74) is -0.0699. The van der Waals surface area contributed by atoms with E-state index in [1.54, 1.807) is 38.5 Å². The van der Waals surface area contributed by atoms with E-state index in [1.807, 2.05) is 84.9 Å². The average Bonchev–Trinajstić information content (AvgIpc) is 3.68. The van der Waals surface area contributed by atoms with E-state index in [4.69, 9.17) is 21.1 Å². The number of carbonyl (C=O) groups is 3. The van der Waals surface area contributed by atoms with Crippen LogP contribution in [-0.2, 0) is 25.2 Å². The second-order valence-corrected chi connectivity index (χ2v) is 13.2. The summed E-state index contributed by atoms with van der Waals surface area (Å²) in [6.45, 7) is 0. The first kappa shape index (κ1) is 32.2. The topological polar surface area (TPSA) is 116 Å². The van der Waals surface area contributed by atoms with Crippen molar-refractivity contribution in [3.8, 4) is 11.5 Å². The number of amides is 2. The first-order chi connectivity index (χ1) is 24.7. The lowest BCUT2D eigenvalue weighted by molar-refractivity contribution is -0.384. The summed E-state index contributed by atoms with van der Waals surface area (Å²) < 4.78 is 11.0. The molecule has 2 bridgehead atoms. The van der Waals surface area contributed by atoms with E-state index in [9.17, 15) is 10.1 Å². The molecule has 2 aliphatic carbocycles. The molecule has 51 heavy (non-hydrogen) atoms. The third kappa shape index (κ3) is 4.24. The van der Waals surface area contributed by atoms with E-state index in [0.717, 1.165) is 11.0 Å². The zero-order chi connectivity index (χ0) is 35.7. The van der Waals surface area contributed by atoms with Crippen molar-refractivity contribution in [1.82, 2.24) is 0 Å². The van der Waals surface area contributed by atoms with Gasteiger partial charge in [-0.2, -0.15) is 0 Å². The van der Waals surface area contributed by atoms with Crippen molar-refractivity contribution in [2.45, 2.75) is 10.8 Å². The third-order valence-corrected chi connectivity index (χ3v) is 10.9. The first-order valence-corrected chi connectivity index (χ1v) is 16.6. The molecule has 5 aromatic carbocycles. The fourth-order valence-electron chi connectivity index (χ4n) is 8.67. The highest BCUT2D eigenvalue weighted by molar-refractivity contribution is 6.39. The van der Waals surface area contributed by atoms with Crippen LogP contribution in [0.15, 0.2) is 127 Å². The number of allylic oxidation sites excluding steroid dienone is 2. The number of anilines is 1. The molecule has 1 saturated heterocycles. The minimum absolute atomic E-state index is 0.00534. The Morgan fingerprint density at radius 2 is 1.08 bits per heavy atom. The van der Waals surface area contributed by atoms with Crippen LogP contribution >= 0.6 is 11.6 Å². The number of imide groups is 1. The van der Waals surface area contributed by atoms with Crippen LogP contribution in [0.5, 0.6) is 11.5 Å². The molecule has 8 rings (SSSR count). The van der Waals surface area contributed by atoms with E-state index in [2.05, 4.69) is 0 Å². The van der Waals surface area contributed by atoms with Gasteiger partial charge in [0.15, 0.2) is 5.78 Å². The number of nitro benzene ring substituents is 1. The zero-order valence-corrected chi connectivity index (χ0v) is 28.2. The fraction of sp³-hybridized carbons (Fsp3) is 0.146. The predicted molar refractivity (Wildman–Crippen MR) is 192 cm³/mol. The molecule has 1 saturated carbocycles. The molecule has 252 valence electrons. The molecular weight excluding hydrogens is 668 g/mol. The summed E-state index contributed by atoms with van der Waals surface area (Å²) in [6.07, 6.45) is 0. The second kappa shape index (κ2) is 11.8. The Morgan fingerprint density at radius 3 is 1.47 bits per heavy atom. The molecule has 0 unspecified atom stereocenters. The number of hydrogen-bond acceptors (Lipinski definition) is 7. The number of halogens is 1. The number of benzene rings is 5. The Morgan fingerprint density at radius 1 is 0.647 bits per heavy atom. The van der Waals surface area contributed by atoms with Gasteiger partial charge < -0.3 is 9.47 Å². The van der Waals surface area contributed by atoms with Crippen LogP contribution in [0.25, 0.3) is 11.1 Å². The van der Waals surface area contributed by atoms with E-state index in [0.29, 0.717) is 44.9 Å². The number of ketones is 1. The van der Waals surface area contributed by atoms with Gasteiger partial charge in [0, 0.05) is 6.07 Å². The molecule has 0 spiro atoms. The average molecular weight is 697 g/mol. The summed E-state index contributed by atoms with van der Waals surface area (Å²) in [6, 6.07) is 36.7. The molecule has 0 aromatic heterocycles. The molecule has 10 heteroatoms. The third-order valence-electron chi connectivity index (χ3n) is 10.6. The van der Waals surface area contributed by atoms with Gasteiger partial charge in [-0.1, -0.05) is 96.5 Å². The fourth-order valence-corrected chi connectivity index (χ4v) is 8.86. The lowest BCUT2D eigenvalue weighted by Crippen LogP contribution is -2.45. The predicted octanol–water partition coefficient (Wildman–Crippen LogP) is 7.45. The Kier molecular flexibility index (Phi) is 7.43. The molecule has 2 fully saturated rings. The standard InChI is InChI=1S/C41H29ClN2O7/c1-50-29-18-13-24(14-19-29)33-34(25-15-20-30(51-2)21-16-25)41(27-11-7-4-8-12-27)36-35(40(33,39(41)47)26-9-5-3-6-10-26)37(45)43(38(36)46)28-17-22-31(42)32(23-28)44(48)49/h3-23,35-36H,1-2H3/t35-,36+,40-,41-/m1/s1. The molecule has 0 radical (unpaired) electrons. The van der Waals surface area contributed by atoms with Crippen LogP contribution in [0, 0.1) is 22.0 Å². The molecule has 3 aliphatic rings. The van der Waals surface area contributed by atoms with Crippen LogP contribution in [0.2, 0.25) is 5.02 Å². The van der Waals surface area contributed by atoms with Crippen LogP contribution in [0.1, 0.15) is 22.3 Å². The maximum absolute atomic E-state index is 16.0. The summed E-state index contributed by atoms with van der Waals surface area (Å²) >= 11 is 6.16. The van der Waals surface area contributed by atoms with Crippen LogP contribution in [0.3, 0.4) is 0 Å². The Hall–Kier alpha value is -6.06. The van der Waals surface area contributed by atoms with Gasteiger partial charge in [0.1, 0.15) is 16.5 Å². The number of ether oxygens (including phenoxy) is 2. The Labute approximate surface area is 297 Å². The summed E-state index contributed by atoms with van der Waals surface area (Å²) in [5, 5.41) is 11.8. The van der Waals surface area contributed by atoms with Gasteiger partial charge in [-0.3, -0.25) is 24.5 Å². The number of methoxy groups -OCH3 is 2. The van der Waals surface area contributed by atoms with Crippen molar-refractivity contribution in [2.75, 3.05) is 19.1 Å². The van der Waals surface area contributed by atoms with Gasteiger partial charge in [0.25, 0.3) is 5.69 Å². The van der Waals surface area contributed by atoms with Gasteiger partial charge in [-0.15, -0.1) is 0 Å². The normalized spacial score (nSPS) is 23.5. The SMILES string of the molecule is COc1ccc(C2=C(c3ccc(OC)cc3)[C@@]3(c4ccccc4)C(=O)[C@@]2(c2ccccc2)[C@@H]2C(=O)N(c4ccc(Cl)c([N+](=O)[O-])c4)C(=O)[C@@H]23)cc1. The van der Waals surface area contributed by atoms with Gasteiger partial charge in [0.2, 0.25) is 11.8 Å². The number of nitro groups is 1. The Bertz CT molecular complexity index is 2160. The lowest BCUT2D eigenvalue weighted by Gasteiger charge is -2.39. The monoisotopic (exact) mass is 696 g/mol. The van der Waals surface area contributed by atoms with Crippen molar-refractivity contribution in [1.29, 1.82) is 0 Å². The van der Waals surface area contributed by atoms with Crippen LogP contribution in [0.4, 0.5) is 11.4 Å². The van der Waals surface area contributed by atoms with E-state index in [-0.39, 0.29) is 16.5 Å². The van der Waals surface area contributed by atoms with Gasteiger partial charge in [0.05, 0.1) is 47.5 Å². The van der Waals surface area contributed by atoms with Crippen molar-refractivity contribution >= 4 is 51.7 Å². The summed E-state index contributed by atoms with van der Waals surface area (Å²) in [4.78, 5) is 58.6.